The molecule has 0 radical (unpaired) electrons. The molecule has 1 aromatic heterocycles. The van der Waals surface area contributed by atoms with Crippen LogP contribution in [0.15, 0.2) is 12.3 Å². The lowest BCUT2D eigenvalue weighted by atomic mass is 10.0. The van der Waals surface area contributed by atoms with Gasteiger partial charge in [0.25, 0.3) is 5.91 Å². The van der Waals surface area contributed by atoms with Gasteiger partial charge in [0.05, 0.1) is 23.9 Å². The van der Waals surface area contributed by atoms with E-state index in [9.17, 15) is 9.90 Å². The van der Waals surface area contributed by atoms with Crippen LogP contribution in [0.1, 0.15) is 35.3 Å². The Morgan fingerprint density at radius 2 is 2.37 bits per heavy atom. The van der Waals surface area contributed by atoms with E-state index in [1.165, 1.54) is 0 Å². The van der Waals surface area contributed by atoms with Crippen LogP contribution in [-0.2, 0) is 0 Å². The number of likely N-dealkylation sites (tertiary alicyclic amines) is 1. The third-order valence-electron chi connectivity index (χ3n) is 3.64. The van der Waals surface area contributed by atoms with Crippen molar-refractivity contribution < 1.29 is 9.90 Å². The summed E-state index contributed by atoms with van der Waals surface area (Å²) in [5.41, 5.74) is 2.24. The van der Waals surface area contributed by atoms with Crippen LogP contribution < -0.4 is 5.32 Å². The molecule has 1 unspecified atom stereocenters. The van der Waals surface area contributed by atoms with Crippen LogP contribution in [-0.4, -0.2) is 47.1 Å². The largest absolute Gasteiger partial charge is 0.394 e. The van der Waals surface area contributed by atoms with Gasteiger partial charge in [0.15, 0.2) is 0 Å². The van der Waals surface area contributed by atoms with Crippen molar-refractivity contribution in [3.05, 3.63) is 23.5 Å². The standard InChI is InChI=1S/C14H21N3O2/c1-10-7-13(15-2)12(8-16-10)14(19)17-6-4-3-5-11(17)9-18/h7-8,11,18H,3-6,9H2,1-2H3,(H,15,16). The minimum absolute atomic E-state index is 0.0277. The van der Waals surface area contributed by atoms with Crippen molar-refractivity contribution in [1.82, 2.24) is 9.88 Å². The molecule has 0 aliphatic carbocycles. The van der Waals surface area contributed by atoms with E-state index in [4.69, 9.17) is 0 Å². The summed E-state index contributed by atoms with van der Waals surface area (Å²) in [6.45, 7) is 2.63. The van der Waals surface area contributed by atoms with E-state index in [0.29, 0.717) is 12.1 Å². The first-order valence-electron chi connectivity index (χ1n) is 6.73. The quantitative estimate of drug-likeness (QED) is 0.865. The third kappa shape index (κ3) is 2.87. The summed E-state index contributed by atoms with van der Waals surface area (Å²) >= 11 is 0. The predicted molar refractivity (Wildman–Crippen MR) is 74.3 cm³/mol. The minimum Gasteiger partial charge on any atom is -0.394 e. The molecular formula is C14H21N3O2. The van der Waals surface area contributed by atoms with Crippen molar-refractivity contribution in [3.63, 3.8) is 0 Å². The van der Waals surface area contributed by atoms with Crippen molar-refractivity contribution in [2.75, 3.05) is 25.5 Å². The van der Waals surface area contributed by atoms with Crippen molar-refractivity contribution >= 4 is 11.6 Å². The van der Waals surface area contributed by atoms with E-state index in [1.54, 1.807) is 18.1 Å². The molecule has 1 fully saturated rings. The van der Waals surface area contributed by atoms with Crippen LogP contribution >= 0.6 is 0 Å². The Morgan fingerprint density at radius 1 is 1.58 bits per heavy atom. The lowest BCUT2D eigenvalue weighted by Gasteiger charge is -2.35. The smallest absolute Gasteiger partial charge is 0.257 e. The average Bonchev–Trinajstić information content (AvgIpc) is 2.46. The predicted octanol–water partition coefficient (Wildman–Crippen LogP) is 1.42. The zero-order valence-electron chi connectivity index (χ0n) is 11.5. The summed E-state index contributed by atoms with van der Waals surface area (Å²) in [6.07, 6.45) is 4.55. The summed E-state index contributed by atoms with van der Waals surface area (Å²) in [5, 5.41) is 12.4. The lowest BCUT2D eigenvalue weighted by Crippen LogP contribution is -2.45. The summed E-state index contributed by atoms with van der Waals surface area (Å²) in [5.74, 6) is -0.0457. The zero-order valence-corrected chi connectivity index (χ0v) is 11.5. The maximum atomic E-state index is 12.6. The minimum atomic E-state index is -0.0627. The molecule has 1 aromatic rings. The van der Waals surface area contributed by atoms with Gasteiger partial charge in [0, 0.05) is 25.5 Å². The van der Waals surface area contributed by atoms with E-state index >= 15 is 0 Å². The summed E-state index contributed by atoms with van der Waals surface area (Å²) in [7, 11) is 1.80. The van der Waals surface area contributed by atoms with Crippen LogP contribution in [0, 0.1) is 6.92 Å². The Balaban J connectivity index is 2.27. The molecule has 2 N–H and O–H groups in total. The van der Waals surface area contributed by atoms with Gasteiger partial charge in [-0.2, -0.15) is 0 Å². The fraction of sp³-hybridized carbons (Fsp3) is 0.571. The normalized spacial score (nSPS) is 19.3. The molecule has 104 valence electrons. The molecule has 5 heteroatoms. The summed E-state index contributed by atoms with van der Waals surface area (Å²) < 4.78 is 0. The second kappa shape index (κ2) is 6.02. The first-order chi connectivity index (χ1) is 9.17. The molecule has 0 spiro atoms. The molecule has 2 heterocycles. The number of carbonyl (C=O) groups is 1. The molecule has 1 amide bonds. The maximum absolute atomic E-state index is 12.6. The van der Waals surface area contributed by atoms with Gasteiger partial charge in [-0.15, -0.1) is 0 Å². The molecule has 1 atom stereocenters. The van der Waals surface area contributed by atoms with Crippen molar-refractivity contribution in [2.45, 2.75) is 32.2 Å². The van der Waals surface area contributed by atoms with Gasteiger partial charge < -0.3 is 15.3 Å². The maximum Gasteiger partial charge on any atom is 0.257 e. The topological polar surface area (TPSA) is 65.5 Å². The first kappa shape index (κ1) is 13.8. The molecule has 0 aromatic carbocycles. The van der Waals surface area contributed by atoms with Crippen LogP contribution in [0.3, 0.4) is 0 Å². The number of piperidine rings is 1. The number of anilines is 1. The number of pyridine rings is 1. The number of rotatable bonds is 3. The number of aliphatic hydroxyl groups excluding tert-OH is 1. The third-order valence-corrected chi connectivity index (χ3v) is 3.64. The monoisotopic (exact) mass is 263 g/mol. The number of aryl methyl sites for hydroxylation is 1. The zero-order chi connectivity index (χ0) is 13.8. The molecule has 19 heavy (non-hydrogen) atoms. The fourth-order valence-corrected chi connectivity index (χ4v) is 2.55. The van der Waals surface area contributed by atoms with Gasteiger partial charge in [-0.3, -0.25) is 9.78 Å². The Hall–Kier alpha value is -1.62. The van der Waals surface area contributed by atoms with Crippen LogP contribution in [0.2, 0.25) is 0 Å². The molecule has 0 bridgehead atoms. The Morgan fingerprint density at radius 3 is 3.05 bits per heavy atom. The molecule has 0 saturated carbocycles. The van der Waals surface area contributed by atoms with Crippen LogP contribution in [0.4, 0.5) is 5.69 Å². The van der Waals surface area contributed by atoms with E-state index in [-0.39, 0.29) is 18.6 Å². The highest BCUT2D eigenvalue weighted by molar-refractivity contribution is 5.99. The summed E-state index contributed by atoms with van der Waals surface area (Å²) in [6, 6.07) is 1.80. The highest BCUT2D eigenvalue weighted by atomic mass is 16.3. The second-order valence-electron chi connectivity index (χ2n) is 4.95. The van der Waals surface area contributed by atoms with Gasteiger partial charge in [-0.1, -0.05) is 0 Å². The summed E-state index contributed by atoms with van der Waals surface area (Å²) in [4.78, 5) is 18.6. The fourth-order valence-electron chi connectivity index (χ4n) is 2.55. The Labute approximate surface area is 113 Å². The number of nitrogens with zero attached hydrogens (tertiary/aromatic N) is 2. The van der Waals surface area contributed by atoms with Gasteiger partial charge in [-0.05, 0) is 32.3 Å². The number of carbonyl (C=O) groups excluding carboxylic acids is 1. The van der Waals surface area contributed by atoms with E-state index in [2.05, 4.69) is 10.3 Å². The molecule has 1 saturated heterocycles. The van der Waals surface area contributed by atoms with Crippen LogP contribution in [0.5, 0.6) is 0 Å². The Bertz CT molecular complexity index is 462. The van der Waals surface area contributed by atoms with Gasteiger partial charge in [-0.25, -0.2) is 0 Å². The average molecular weight is 263 g/mol. The Kier molecular flexibility index (Phi) is 4.37. The van der Waals surface area contributed by atoms with Crippen molar-refractivity contribution in [1.29, 1.82) is 0 Å². The number of amides is 1. The molecule has 2 rings (SSSR count). The van der Waals surface area contributed by atoms with Crippen molar-refractivity contribution in [2.24, 2.45) is 0 Å². The first-order valence-corrected chi connectivity index (χ1v) is 6.73. The number of hydrogen-bond donors (Lipinski definition) is 2. The highest BCUT2D eigenvalue weighted by Gasteiger charge is 2.28. The van der Waals surface area contributed by atoms with E-state index < -0.39 is 0 Å². The van der Waals surface area contributed by atoms with Gasteiger partial charge in [0.1, 0.15) is 0 Å². The van der Waals surface area contributed by atoms with E-state index in [0.717, 1.165) is 30.6 Å². The second-order valence-corrected chi connectivity index (χ2v) is 4.95. The lowest BCUT2D eigenvalue weighted by molar-refractivity contribution is 0.0503. The molecular weight excluding hydrogens is 242 g/mol. The SMILES string of the molecule is CNc1cc(C)ncc1C(=O)N1CCCCC1CO. The van der Waals surface area contributed by atoms with Gasteiger partial charge >= 0.3 is 0 Å². The van der Waals surface area contributed by atoms with E-state index in [1.807, 2.05) is 13.0 Å². The molecule has 1 aliphatic heterocycles. The van der Waals surface area contributed by atoms with Gasteiger partial charge in [0.2, 0.25) is 0 Å². The number of aromatic nitrogens is 1. The molecule has 5 nitrogen and oxygen atoms in total. The van der Waals surface area contributed by atoms with Crippen molar-refractivity contribution in [3.8, 4) is 0 Å². The number of nitrogens with one attached hydrogen (secondary N) is 1. The highest BCUT2D eigenvalue weighted by Crippen LogP contribution is 2.23. The van der Waals surface area contributed by atoms with Crippen LogP contribution in [0.25, 0.3) is 0 Å². The molecule has 1 aliphatic rings. The number of aliphatic hydroxyl groups is 1. The number of hydrogen-bond acceptors (Lipinski definition) is 4.